The van der Waals surface area contributed by atoms with E-state index < -0.39 is 18.1 Å². The summed E-state index contributed by atoms with van der Waals surface area (Å²) in [5, 5.41) is 13.2. The SMILES string of the molecule is O=C(N[C@@H]1CCN(C(=O)Cc2ccc3c(c2)OCO3)C[C@H]1O)c1cnccn1. The molecule has 0 saturated carbocycles. The first-order valence-electron chi connectivity index (χ1n) is 9.01. The molecule has 0 unspecified atom stereocenters. The fraction of sp³-hybridized carbons (Fsp3) is 0.368. The van der Waals surface area contributed by atoms with Crippen molar-refractivity contribution in [3.05, 3.63) is 48.0 Å². The minimum atomic E-state index is -0.852. The number of piperidine rings is 1. The molecule has 28 heavy (non-hydrogen) atoms. The summed E-state index contributed by atoms with van der Waals surface area (Å²) < 4.78 is 10.6. The van der Waals surface area contributed by atoms with E-state index in [1.807, 2.05) is 6.07 Å². The molecule has 9 heteroatoms. The van der Waals surface area contributed by atoms with Gasteiger partial charge in [-0.15, -0.1) is 0 Å². The standard InChI is InChI=1S/C19H20N4O5/c24-15-10-23(6-3-13(15)22-19(26)14-9-20-4-5-21-14)18(25)8-12-1-2-16-17(7-12)28-11-27-16/h1-2,4-5,7,9,13,15,24H,3,6,8,10-11H2,(H,22,26)/t13-,15-/m1/s1. The summed E-state index contributed by atoms with van der Waals surface area (Å²) >= 11 is 0. The number of fused-ring (bicyclic) bond motifs is 1. The monoisotopic (exact) mass is 384 g/mol. The van der Waals surface area contributed by atoms with Gasteiger partial charge in [0.25, 0.3) is 5.91 Å². The lowest BCUT2D eigenvalue weighted by Gasteiger charge is -2.36. The number of aliphatic hydroxyl groups excluding tert-OH is 1. The Balaban J connectivity index is 1.32. The smallest absolute Gasteiger partial charge is 0.271 e. The van der Waals surface area contributed by atoms with Crippen LogP contribution in [0, 0.1) is 0 Å². The predicted molar refractivity (Wildman–Crippen MR) is 96.8 cm³/mol. The van der Waals surface area contributed by atoms with Crippen molar-refractivity contribution in [3.63, 3.8) is 0 Å². The van der Waals surface area contributed by atoms with Crippen molar-refractivity contribution in [1.82, 2.24) is 20.2 Å². The number of ether oxygens (including phenoxy) is 2. The maximum atomic E-state index is 12.6. The highest BCUT2D eigenvalue weighted by atomic mass is 16.7. The molecule has 0 bridgehead atoms. The molecule has 146 valence electrons. The number of carbonyl (C=O) groups excluding carboxylic acids is 2. The number of likely N-dealkylation sites (tertiary alicyclic amines) is 1. The normalized spacial score (nSPS) is 20.7. The first kappa shape index (κ1) is 18.2. The Hall–Kier alpha value is -3.20. The van der Waals surface area contributed by atoms with E-state index in [0.29, 0.717) is 24.5 Å². The summed E-state index contributed by atoms with van der Waals surface area (Å²) in [4.78, 5) is 34.2. The molecule has 1 aromatic carbocycles. The minimum Gasteiger partial charge on any atom is -0.454 e. The van der Waals surface area contributed by atoms with Gasteiger partial charge in [0.1, 0.15) is 5.69 Å². The van der Waals surface area contributed by atoms with Crippen molar-refractivity contribution < 1.29 is 24.2 Å². The first-order chi connectivity index (χ1) is 13.6. The van der Waals surface area contributed by atoms with E-state index in [9.17, 15) is 14.7 Å². The van der Waals surface area contributed by atoms with Gasteiger partial charge >= 0.3 is 0 Å². The molecule has 2 atom stereocenters. The molecule has 0 radical (unpaired) electrons. The molecule has 0 spiro atoms. The van der Waals surface area contributed by atoms with Crippen LogP contribution in [0.1, 0.15) is 22.5 Å². The summed E-state index contributed by atoms with van der Waals surface area (Å²) in [5.41, 5.74) is 1.01. The van der Waals surface area contributed by atoms with Gasteiger partial charge in [0.2, 0.25) is 12.7 Å². The molecule has 2 amide bonds. The fourth-order valence-corrected chi connectivity index (χ4v) is 3.32. The number of aromatic nitrogens is 2. The number of rotatable bonds is 4. The number of aliphatic hydroxyl groups is 1. The highest BCUT2D eigenvalue weighted by Gasteiger charge is 2.31. The van der Waals surface area contributed by atoms with Crippen LogP contribution in [0.2, 0.25) is 0 Å². The van der Waals surface area contributed by atoms with Crippen molar-refractivity contribution >= 4 is 11.8 Å². The van der Waals surface area contributed by atoms with Gasteiger partial charge in [0.05, 0.1) is 24.8 Å². The molecule has 2 aromatic rings. The van der Waals surface area contributed by atoms with Crippen molar-refractivity contribution in [2.75, 3.05) is 19.9 Å². The Bertz CT molecular complexity index is 876. The van der Waals surface area contributed by atoms with Crippen LogP contribution in [0.5, 0.6) is 11.5 Å². The van der Waals surface area contributed by atoms with E-state index in [-0.39, 0.29) is 31.4 Å². The van der Waals surface area contributed by atoms with Gasteiger partial charge in [-0.1, -0.05) is 6.07 Å². The quantitative estimate of drug-likeness (QED) is 0.771. The highest BCUT2D eigenvalue weighted by Crippen LogP contribution is 2.32. The zero-order valence-corrected chi connectivity index (χ0v) is 15.1. The molecule has 1 fully saturated rings. The second-order valence-electron chi connectivity index (χ2n) is 6.73. The molecule has 9 nitrogen and oxygen atoms in total. The lowest BCUT2D eigenvalue weighted by atomic mass is 10.0. The van der Waals surface area contributed by atoms with Crippen LogP contribution in [0.3, 0.4) is 0 Å². The van der Waals surface area contributed by atoms with Crippen LogP contribution >= 0.6 is 0 Å². The predicted octanol–water partition coefficient (Wildman–Crippen LogP) is 0.140. The van der Waals surface area contributed by atoms with E-state index in [1.165, 1.54) is 18.6 Å². The first-order valence-corrected chi connectivity index (χ1v) is 9.01. The number of nitrogens with one attached hydrogen (secondary N) is 1. The lowest BCUT2D eigenvalue weighted by Crippen LogP contribution is -2.55. The minimum absolute atomic E-state index is 0.0865. The van der Waals surface area contributed by atoms with Gasteiger partial charge in [-0.05, 0) is 24.1 Å². The molecule has 3 heterocycles. The third kappa shape index (κ3) is 3.89. The van der Waals surface area contributed by atoms with Crippen LogP contribution in [0.15, 0.2) is 36.8 Å². The van der Waals surface area contributed by atoms with Crippen molar-refractivity contribution in [3.8, 4) is 11.5 Å². The Morgan fingerprint density at radius 3 is 2.89 bits per heavy atom. The maximum absolute atomic E-state index is 12.6. The Labute approximate surface area is 161 Å². The summed E-state index contributed by atoms with van der Waals surface area (Å²) in [6.07, 6.45) is 4.10. The molecular weight excluding hydrogens is 364 g/mol. The Kier molecular flexibility index (Phi) is 5.07. The van der Waals surface area contributed by atoms with Crippen molar-refractivity contribution in [2.24, 2.45) is 0 Å². The third-order valence-electron chi connectivity index (χ3n) is 4.84. The summed E-state index contributed by atoms with van der Waals surface area (Å²) in [5.74, 6) is 0.830. The largest absolute Gasteiger partial charge is 0.454 e. The number of nitrogens with zero attached hydrogens (tertiary/aromatic N) is 3. The number of amides is 2. The van der Waals surface area contributed by atoms with E-state index in [0.717, 1.165) is 5.56 Å². The van der Waals surface area contributed by atoms with Gasteiger partial charge in [0, 0.05) is 25.5 Å². The van der Waals surface area contributed by atoms with Gasteiger partial charge in [-0.3, -0.25) is 14.6 Å². The van der Waals surface area contributed by atoms with Crippen LogP contribution in [0.25, 0.3) is 0 Å². The van der Waals surface area contributed by atoms with Crippen LogP contribution < -0.4 is 14.8 Å². The van der Waals surface area contributed by atoms with Gasteiger partial charge in [0.15, 0.2) is 11.5 Å². The zero-order chi connectivity index (χ0) is 19.5. The van der Waals surface area contributed by atoms with E-state index >= 15 is 0 Å². The second kappa shape index (κ2) is 7.81. The van der Waals surface area contributed by atoms with Crippen molar-refractivity contribution in [2.45, 2.75) is 25.0 Å². The zero-order valence-electron chi connectivity index (χ0n) is 15.1. The average molecular weight is 384 g/mol. The molecule has 2 aliphatic rings. The molecular formula is C19H20N4O5. The molecule has 1 aromatic heterocycles. The summed E-state index contributed by atoms with van der Waals surface area (Å²) in [6, 6.07) is 4.97. The molecule has 2 N–H and O–H groups in total. The van der Waals surface area contributed by atoms with Gasteiger partial charge in [-0.2, -0.15) is 0 Å². The molecule has 0 aliphatic carbocycles. The lowest BCUT2D eigenvalue weighted by molar-refractivity contribution is -0.134. The van der Waals surface area contributed by atoms with E-state index in [2.05, 4.69) is 15.3 Å². The molecule has 1 saturated heterocycles. The van der Waals surface area contributed by atoms with Gasteiger partial charge in [-0.25, -0.2) is 4.98 Å². The van der Waals surface area contributed by atoms with Crippen LogP contribution in [-0.4, -0.2) is 63.8 Å². The Morgan fingerprint density at radius 2 is 2.11 bits per heavy atom. The highest BCUT2D eigenvalue weighted by molar-refractivity contribution is 5.92. The van der Waals surface area contributed by atoms with Crippen molar-refractivity contribution in [1.29, 1.82) is 0 Å². The summed E-state index contributed by atoms with van der Waals surface area (Å²) in [7, 11) is 0. The number of hydrogen-bond acceptors (Lipinski definition) is 7. The summed E-state index contributed by atoms with van der Waals surface area (Å²) in [6.45, 7) is 0.799. The average Bonchev–Trinajstić information content (AvgIpc) is 3.18. The molecule has 4 rings (SSSR count). The number of benzene rings is 1. The molecule has 2 aliphatic heterocycles. The van der Waals surface area contributed by atoms with Gasteiger partial charge < -0.3 is 24.8 Å². The second-order valence-corrected chi connectivity index (χ2v) is 6.73. The topological polar surface area (TPSA) is 114 Å². The van der Waals surface area contributed by atoms with E-state index in [1.54, 1.807) is 17.0 Å². The van der Waals surface area contributed by atoms with Crippen LogP contribution in [0.4, 0.5) is 0 Å². The third-order valence-corrected chi connectivity index (χ3v) is 4.84. The number of β-amino-alcohol motifs (C(OH)–C–C–N with tert-alkyl or cyclic N) is 1. The maximum Gasteiger partial charge on any atom is 0.271 e. The van der Waals surface area contributed by atoms with Crippen LogP contribution in [-0.2, 0) is 11.2 Å². The number of hydrogen-bond donors (Lipinski definition) is 2. The number of carbonyl (C=O) groups is 2. The fourth-order valence-electron chi connectivity index (χ4n) is 3.32. The van der Waals surface area contributed by atoms with E-state index in [4.69, 9.17) is 9.47 Å². The Morgan fingerprint density at radius 1 is 1.25 bits per heavy atom.